The molecule has 8 nitrogen and oxygen atoms in total. The Morgan fingerprint density at radius 2 is 1.81 bits per heavy atom. The molecule has 1 aromatic carbocycles. The number of hydrogen-bond donors (Lipinski definition) is 1. The molecule has 37 heavy (non-hydrogen) atoms. The quantitative estimate of drug-likeness (QED) is 0.512. The minimum absolute atomic E-state index is 0.00433. The smallest absolute Gasteiger partial charge is 0.316 e. The molecule has 1 unspecified atom stereocenters. The molecule has 1 saturated heterocycles. The number of nitrogens with zero attached hydrogens (tertiary/aromatic N) is 4. The van der Waals surface area contributed by atoms with Gasteiger partial charge in [0.25, 0.3) is 0 Å². The van der Waals surface area contributed by atoms with E-state index >= 15 is 8.78 Å². The molecule has 1 atom stereocenters. The van der Waals surface area contributed by atoms with E-state index in [9.17, 15) is 13.5 Å². The van der Waals surface area contributed by atoms with Crippen LogP contribution in [-0.4, -0.2) is 58.7 Å². The Morgan fingerprint density at radius 3 is 2.38 bits per heavy atom. The van der Waals surface area contributed by atoms with Crippen LogP contribution in [0.4, 0.5) is 13.9 Å². The largest absolute Gasteiger partial charge is 0.479 e. The third-order valence-electron chi connectivity index (χ3n) is 6.95. The third-order valence-corrected chi connectivity index (χ3v) is 8.86. The number of anilines is 1. The predicted octanol–water partition coefficient (Wildman–Crippen LogP) is 4.40. The first-order valence-corrected chi connectivity index (χ1v) is 14.5. The van der Waals surface area contributed by atoms with Crippen molar-refractivity contribution in [3.05, 3.63) is 47.9 Å². The minimum Gasteiger partial charge on any atom is -0.479 e. The highest BCUT2D eigenvalue weighted by atomic mass is 32.2. The van der Waals surface area contributed by atoms with Crippen molar-refractivity contribution in [2.24, 2.45) is 0 Å². The summed E-state index contributed by atoms with van der Waals surface area (Å²) in [7, 11) is -3.37. The van der Waals surface area contributed by atoms with Crippen LogP contribution < -0.4 is 9.64 Å². The summed E-state index contributed by atoms with van der Waals surface area (Å²) in [4.78, 5) is 11.0. The van der Waals surface area contributed by atoms with Crippen molar-refractivity contribution in [1.82, 2.24) is 14.3 Å². The van der Waals surface area contributed by atoms with Gasteiger partial charge in [0.15, 0.2) is 21.5 Å². The van der Waals surface area contributed by atoms with Gasteiger partial charge in [-0.3, -0.25) is 4.98 Å². The second-order valence-corrected chi connectivity index (χ2v) is 13.4. The molecule has 2 aromatic heterocycles. The van der Waals surface area contributed by atoms with Crippen molar-refractivity contribution in [1.29, 1.82) is 0 Å². The van der Waals surface area contributed by atoms with Gasteiger partial charge in [-0.05, 0) is 18.2 Å². The Bertz CT molecular complexity index is 1430. The molecule has 0 saturated carbocycles. The second-order valence-electron chi connectivity index (χ2n) is 10.7. The van der Waals surface area contributed by atoms with E-state index in [2.05, 4.69) is 14.3 Å². The molecule has 12 heteroatoms. The van der Waals surface area contributed by atoms with Crippen LogP contribution in [0.15, 0.2) is 41.4 Å². The first-order valence-electron chi connectivity index (χ1n) is 11.9. The average molecular weight is 551 g/mol. The second kappa shape index (κ2) is 8.67. The summed E-state index contributed by atoms with van der Waals surface area (Å²) in [6.07, 6.45) is 0.369. The van der Waals surface area contributed by atoms with Crippen LogP contribution in [0.3, 0.4) is 0 Å². The predicted molar refractivity (Wildman–Crippen MR) is 136 cm³/mol. The first kappa shape index (κ1) is 25.9. The van der Waals surface area contributed by atoms with Gasteiger partial charge < -0.3 is 14.7 Å². The zero-order valence-electron chi connectivity index (χ0n) is 20.9. The maximum atomic E-state index is 15.7. The van der Waals surface area contributed by atoms with E-state index in [1.807, 2.05) is 25.7 Å². The summed E-state index contributed by atoms with van der Waals surface area (Å²) < 4.78 is 65.2. The molecule has 0 aliphatic carbocycles. The fraction of sp³-hybridized carbons (Fsp3) is 0.480. The van der Waals surface area contributed by atoms with Crippen LogP contribution >= 0.6 is 11.5 Å². The van der Waals surface area contributed by atoms with Gasteiger partial charge in [-0.2, -0.15) is 13.2 Å². The van der Waals surface area contributed by atoms with Gasteiger partial charge in [0.1, 0.15) is 11.6 Å². The van der Waals surface area contributed by atoms with Crippen molar-refractivity contribution >= 4 is 26.5 Å². The van der Waals surface area contributed by atoms with E-state index in [4.69, 9.17) is 4.74 Å². The third kappa shape index (κ3) is 4.48. The van der Waals surface area contributed by atoms with Gasteiger partial charge in [0, 0.05) is 60.3 Å². The number of pyridine rings is 1. The summed E-state index contributed by atoms with van der Waals surface area (Å²) in [6.45, 7) is 6.62. The molecule has 1 spiro atoms. The molecule has 1 N–H and O–H groups in total. The van der Waals surface area contributed by atoms with Crippen molar-refractivity contribution < 1.29 is 27.0 Å². The van der Waals surface area contributed by atoms with Crippen LogP contribution in [-0.2, 0) is 15.3 Å². The monoisotopic (exact) mass is 550 g/mol. The number of aromatic nitrogens is 3. The first-order chi connectivity index (χ1) is 17.2. The van der Waals surface area contributed by atoms with E-state index < -0.39 is 27.5 Å². The van der Waals surface area contributed by atoms with Crippen molar-refractivity contribution in [3.63, 3.8) is 0 Å². The lowest BCUT2D eigenvalue weighted by atomic mass is 9.78. The van der Waals surface area contributed by atoms with Crippen molar-refractivity contribution in [2.45, 2.75) is 61.6 Å². The normalized spacial score (nSPS) is 20.9. The number of ether oxygens (including phenoxy) is 1. The molecular formula is C25H28F2N4O4S2. The molecule has 2 aliphatic rings. The van der Waals surface area contributed by atoms with E-state index in [1.54, 1.807) is 12.1 Å². The lowest BCUT2D eigenvalue weighted by Gasteiger charge is -2.50. The molecule has 4 heterocycles. The lowest BCUT2D eigenvalue weighted by molar-refractivity contribution is -0.241. The van der Waals surface area contributed by atoms with Crippen molar-refractivity contribution in [3.8, 4) is 17.0 Å². The van der Waals surface area contributed by atoms with Gasteiger partial charge in [-0.15, -0.1) is 0 Å². The van der Waals surface area contributed by atoms with Gasteiger partial charge in [-0.1, -0.05) is 32.9 Å². The number of piperidine rings is 1. The molecule has 0 amide bonds. The number of benzene rings is 1. The molecule has 0 radical (unpaired) electrons. The number of rotatable bonds is 3. The topological polar surface area (TPSA) is 106 Å². The van der Waals surface area contributed by atoms with E-state index in [0.717, 1.165) is 6.26 Å². The number of alkyl halides is 2. The van der Waals surface area contributed by atoms with Crippen LogP contribution in [0.1, 0.15) is 51.1 Å². The fourth-order valence-electron chi connectivity index (χ4n) is 4.65. The summed E-state index contributed by atoms with van der Waals surface area (Å²) in [5, 5.41) is 11.5. The van der Waals surface area contributed by atoms with E-state index in [-0.39, 0.29) is 47.6 Å². The zero-order valence-corrected chi connectivity index (χ0v) is 22.5. The van der Waals surface area contributed by atoms with Gasteiger partial charge in [0.2, 0.25) is 5.13 Å². The number of halogens is 2. The zero-order chi connectivity index (χ0) is 26.8. The van der Waals surface area contributed by atoms with Crippen LogP contribution in [0, 0.1) is 0 Å². The molecule has 3 aromatic rings. The molecule has 5 rings (SSSR count). The molecule has 1 fully saturated rings. The fourth-order valence-corrected chi connectivity index (χ4v) is 6.19. The summed E-state index contributed by atoms with van der Waals surface area (Å²) in [5.74, 6) is -2.71. The molecular weight excluding hydrogens is 522 g/mol. The Kier molecular flexibility index (Phi) is 6.08. The maximum absolute atomic E-state index is 15.7. The van der Waals surface area contributed by atoms with Crippen LogP contribution in [0.5, 0.6) is 5.75 Å². The number of aliphatic hydroxyl groups excluding tert-OH is 1. The highest BCUT2D eigenvalue weighted by Gasteiger charge is 2.64. The van der Waals surface area contributed by atoms with Crippen LogP contribution in [0.25, 0.3) is 11.3 Å². The molecule has 198 valence electrons. The number of sulfone groups is 1. The molecule has 0 bridgehead atoms. The standard InChI is InChI=1S/C25H28F2N4O4S2/c1-23(2,3)21-29-22(36-30-21)31-11-9-24(10-12-31)25(26,27)20(32)17-13-18(28-14-19(17)35-24)15-5-7-16(8-6-15)37(4,33)34/h5-8,13-14,20,32H,9-12H2,1-4H3. The summed E-state index contributed by atoms with van der Waals surface area (Å²) in [5.41, 5.74) is -1.26. The van der Waals surface area contributed by atoms with Gasteiger partial charge in [0.05, 0.1) is 16.8 Å². The highest BCUT2D eigenvalue weighted by molar-refractivity contribution is 7.90. The van der Waals surface area contributed by atoms with E-state index in [0.29, 0.717) is 22.2 Å². The van der Waals surface area contributed by atoms with Crippen LogP contribution in [0.2, 0.25) is 0 Å². The maximum Gasteiger partial charge on any atom is 0.316 e. The van der Waals surface area contributed by atoms with Gasteiger partial charge >= 0.3 is 5.92 Å². The lowest BCUT2D eigenvalue weighted by Crippen LogP contribution is -2.63. The highest BCUT2D eigenvalue weighted by Crippen LogP contribution is 2.54. The minimum atomic E-state index is -3.54. The van der Waals surface area contributed by atoms with Gasteiger partial charge in [-0.25, -0.2) is 13.4 Å². The Labute approximate surface area is 218 Å². The van der Waals surface area contributed by atoms with E-state index in [1.165, 1.54) is 35.9 Å². The Hall–Kier alpha value is -2.70. The Morgan fingerprint density at radius 1 is 1.16 bits per heavy atom. The summed E-state index contributed by atoms with van der Waals surface area (Å²) in [6, 6.07) is 7.34. The number of fused-ring (bicyclic) bond motifs is 1. The SMILES string of the molecule is CC(C)(C)c1nsc(N2CCC3(CC2)Oc2cnc(-c4ccc(S(C)(=O)=O)cc4)cc2C(O)C3(F)F)n1. The Balaban J connectivity index is 1.39. The van der Waals surface area contributed by atoms with Crippen molar-refractivity contribution in [2.75, 3.05) is 24.2 Å². The average Bonchev–Trinajstić information content (AvgIpc) is 3.34. The molecule has 2 aliphatic heterocycles. The summed E-state index contributed by atoms with van der Waals surface area (Å²) >= 11 is 1.25. The number of hydrogen-bond acceptors (Lipinski definition) is 9. The number of aliphatic hydroxyl groups is 1.